The van der Waals surface area contributed by atoms with E-state index in [2.05, 4.69) is 33.0 Å². The third kappa shape index (κ3) is 4.58. The monoisotopic (exact) mass is 419 g/mol. The Bertz CT molecular complexity index is 1070. The van der Waals surface area contributed by atoms with Crippen molar-refractivity contribution in [1.82, 2.24) is 20.2 Å². The van der Waals surface area contributed by atoms with Gasteiger partial charge >= 0.3 is 5.97 Å². The molecule has 4 rings (SSSR count). The van der Waals surface area contributed by atoms with Crippen LogP contribution in [0.15, 0.2) is 65.9 Å². The van der Waals surface area contributed by atoms with Crippen molar-refractivity contribution in [2.24, 2.45) is 0 Å². The lowest BCUT2D eigenvalue weighted by Gasteiger charge is -2.28. The minimum Gasteiger partial charge on any atom is -0.493 e. The van der Waals surface area contributed by atoms with Crippen LogP contribution in [0.2, 0.25) is 0 Å². The lowest BCUT2D eigenvalue weighted by Crippen LogP contribution is -2.30. The average Bonchev–Trinajstić information content (AvgIpc) is 3.21. The largest absolute Gasteiger partial charge is 0.493 e. The molecule has 8 nitrogen and oxygen atoms in total. The Balaban J connectivity index is 1.54. The standard InChI is InChI=1S/C23H25N5O3/c1-15(2)31-22(29)20-16(3)24-23-25-26-27-28(23)21(20)18-9-11-19(12-10-18)30-14-13-17-7-5-4-6-8-17/h4-12,15,21H,13-14H2,1-3H3,(H,24,25,27). The molecule has 2 aromatic carbocycles. The zero-order valence-electron chi connectivity index (χ0n) is 17.8. The molecule has 0 spiro atoms. The summed E-state index contributed by atoms with van der Waals surface area (Å²) in [6, 6.07) is 17.4. The van der Waals surface area contributed by atoms with Gasteiger partial charge in [-0.25, -0.2) is 4.79 Å². The third-order valence-electron chi connectivity index (χ3n) is 4.97. The van der Waals surface area contributed by atoms with Gasteiger partial charge in [0.25, 0.3) is 0 Å². The van der Waals surface area contributed by atoms with Crippen LogP contribution >= 0.6 is 0 Å². The number of allylic oxidation sites excluding steroid dienone is 1. The summed E-state index contributed by atoms with van der Waals surface area (Å²) >= 11 is 0. The van der Waals surface area contributed by atoms with Crippen LogP contribution in [0.25, 0.3) is 0 Å². The van der Waals surface area contributed by atoms with E-state index in [0.717, 1.165) is 17.7 Å². The molecule has 0 amide bonds. The highest BCUT2D eigenvalue weighted by molar-refractivity contribution is 5.92. The van der Waals surface area contributed by atoms with Crippen molar-refractivity contribution >= 4 is 11.9 Å². The predicted octanol–water partition coefficient (Wildman–Crippen LogP) is 3.54. The number of ether oxygens (including phenoxy) is 2. The van der Waals surface area contributed by atoms with Crippen molar-refractivity contribution in [1.29, 1.82) is 0 Å². The Hall–Kier alpha value is -3.68. The fourth-order valence-electron chi connectivity index (χ4n) is 3.54. The molecule has 0 fully saturated rings. The summed E-state index contributed by atoms with van der Waals surface area (Å²) in [5.74, 6) is 0.846. The third-order valence-corrected chi connectivity index (χ3v) is 4.97. The van der Waals surface area contributed by atoms with Crippen LogP contribution in [0.5, 0.6) is 5.75 Å². The van der Waals surface area contributed by atoms with Gasteiger partial charge in [0, 0.05) is 12.1 Å². The SMILES string of the molecule is CC1=C(C(=O)OC(C)C)C(c2ccc(OCCc3ccccc3)cc2)n2nnnc2N1. The molecule has 1 atom stereocenters. The normalized spacial score (nSPS) is 15.4. The van der Waals surface area contributed by atoms with Gasteiger partial charge in [-0.3, -0.25) is 0 Å². The first-order valence-electron chi connectivity index (χ1n) is 10.3. The minimum absolute atomic E-state index is 0.232. The van der Waals surface area contributed by atoms with Gasteiger partial charge < -0.3 is 14.8 Å². The summed E-state index contributed by atoms with van der Waals surface area (Å²) < 4.78 is 13.0. The summed E-state index contributed by atoms with van der Waals surface area (Å²) in [4.78, 5) is 12.9. The van der Waals surface area contributed by atoms with Gasteiger partial charge in [-0.15, -0.1) is 0 Å². The van der Waals surface area contributed by atoms with Crippen molar-refractivity contribution in [3.63, 3.8) is 0 Å². The lowest BCUT2D eigenvalue weighted by molar-refractivity contribution is -0.143. The number of rotatable bonds is 7. The van der Waals surface area contributed by atoms with Crippen molar-refractivity contribution in [2.45, 2.75) is 39.3 Å². The topological polar surface area (TPSA) is 91.2 Å². The zero-order chi connectivity index (χ0) is 21.8. The second kappa shape index (κ2) is 8.99. The van der Waals surface area contributed by atoms with E-state index in [-0.39, 0.29) is 6.10 Å². The average molecular weight is 419 g/mol. The molecule has 1 aromatic heterocycles. The van der Waals surface area contributed by atoms with Crippen molar-refractivity contribution in [3.05, 3.63) is 77.0 Å². The molecule has 0 aliphatic carbocycles. The molecule has 0 saturated heterocycles. The second-order valence-corrected chi connectivity index (χ2v) is 7.62. The van der Waals surface area contributed by atoms with Gasteiger partial charge in [0.2, 0.25) is 5.95 Å². The van der Waals surface area contributed by atoms with Crippen LogP contribution in [-0.2, 0) is 16.0 Å². The number of tetrazole rings is 1. The number of carbonyl (C=O) groups is 1. The zero-order valence-corrected chi connectivity index (χ0v) is 17.8. The highest BCUT2D eigenvalue weighted by atomic mass is 16.5. The van der Waals surface area contributed by atoms with Crippen LogP contribution in [0, 0.1) is 0 Å². The Morgan fingerprint density at radius 2 is 1.87 bits per heavy atom. The highest BCUT2D eigenvalue weighted by Gasteiger charge is 2.35. The molecule has 8 heteroatoms. The van der Waals surface area contributed by atoms with E-state index in [1.165, 1.54) is 5.56 Å². The summed E-state index contributed by atoms with van der Waals surface area (Å²) in [7, 11) is 0. The first-order valence-corrected chi connectivity index (χ1v) is 10.3. The number of carbonyl (C=O) groups excluding carboxylic acids is 1. The molecular weight excluding hydrogens is 394 g/mol. The number of esters is 1. The first-order chi connectivity index (χ1) is 15.0. The van der Waals surface area contributed by atoms with Gasteiger partial charge in [-0.1, -0.05) is 47.6 Å². The van der Waals surface area contributed by atoms with Crippen molar-refractivity contribution in [2.75, 3.05) is 11.9 Å². The number of nitrogens with one attached hydrogen (secondary N) is 1. The summed E-state index contributed by atoms with van der Waals surface area (Å²) in [5.41, 5.74) is 3.24. The number of hydrogen-bond acceptors (Lipinski definition) is 7. The molecule has 0 radical (unpaired) electrons. The number of benzene rings is 2. The highest BCUT2D eigenvalue weighted by Crippen LogP contribution is 2.35. The van der Waals surface area contributed by atoms with Gasteiger partial charge in [0.15, 0.2) is 0 Å². The number of aromatic nitrogens is 4. The Morgan fingerprint density at radius 1 is 1.13 bits per heavy atom. The van der Waals surface area contributed by atoms with Crippen LogP contribution < -0.4 is 10.1 Å². The van der Waals surface area contributed by atoms with E-state index in [0.29, 0.717) is 23.8 Å². The molecule has 1 unspecified atom stereocenters. The number of hydrogen-bond donors (Lipinski definition) is 1. The second-order valence-electron chi connectivity index (χ2n) is 7.62. The fourth-order valence-corrected chi connectivity index (χ4v) is 3.54. The van der Waals surface area contributed by atoms with E-state index in [9.17, 15) is 4.79 Å². The first kappa shape index (κ1) is 20.6. The van der Waals surface area contributed by atoms with Crippen LogP contribution in [0.4, 0.5) is 5.95 Å². The predicted molar refractivity (Wildman–Crippen MR) is 116 cm³/mol. The van der Waals surface area contributed by atoms with E-state index >= 15 is 0 Å². The van der Waals surface area contributed by atoms with Crippen LogP contribution in [0.3, 0.4) is 0 Å². The van der Waals surface area contributed by atoms with Crippen LogP contribution in [0.1, 0.15) is 37.9 Å². The fraction of sp³-hybridized carbons (Fsp3) is 0.304. The number of anilines is 1. The maximum atomic E-state index is 12.9. The van der Waals surface area contributed by atoms with Gasteiger partial charge in [-0.05, 0) is 54.5 Å². The number of fused-ring (bicyclic) bond motifs is 1. The van der Waals surface area contributed by atoms with E-state index < -0.39 is 12.0 Å². The Morgan fingerprint density at radius 3 is 2.58 bits per heavy atom. The molecule has 31 heavy (non-hydrogen) atoms. The lowest BCUT2D eigenvalue weighted by atomic mass is 9.95. The molecule has 1 aliphatic heterocycles. The molecule has 160 valence electrons. The van der Waals surface area contributed by atoms with Crippen LogP contribution in [-0.4, -0.2) is 38.9 Å². The smallest absolute Gasteiger partial charge is 0.338 e. The van der Waals surface area contributed by atoms with E-state index in [1.54, 1.807) is 4.68 Å². The Kier molecular flexibility index (Phi) is 5.97. The minimum atomic E-state index is -0.490. The van der Waals surface area contributed by atoms with Crippen molar-refractivity contribution in [3.8, 4) is 5.75 Å². The molecule has 0 saturated carbocycles. The summed E-state index contributed by atoms with van der Waals surface area (Å²) in [6.45, 7) is 6.05. The summed E-state index contributed by atoms with van der Waals surface area (Å²) in [5, 5.41) is 14.9. The maximum absolute atomic E-state index is 12.9. The van der Waals surface area contributed by atoms with Gasteiger partial charge in [-0.2, -0.15) is 4.68 Å². The molecule has 1 N–H and O–H groups in total. The van der Waals surface area contributed by atoms with E-state index in [4.69, 9.17) is 9.47 Å². The quantitative estimate of drug-likeness (QED) is 0.586. The van der Waals surface area contributed by atoms with Gasteiger partial charge in [0.1, 0.15) is 11.8 Å². The Labute approximate surface area is 180 Å². The maximum Gasteiger partial charge on any atom is 0.338 e. The molecule has 1 aliphatic rings. The number of nitrogens with zero attached hydrogens (tertiary/aromatic N) is 4. The van der Waals surface area contributed by atoms with E-state index in [1.807, 2.05) is 63.2 Å². The molecule has 3 aromatic rings. The van der Waals surface area contributed by atoms with Gasteiger partial charge in [0.05, 0.1) is 18.3 Å². The molecule has 0 bridgehead atoms. The van der Waals surface area contributed by atoms with Crippen molar-refractivity contribution < 1.29 is 14.3 Å². The molecular formula is C23H25N5O3. The molecule has 2 heterocycles. The summed E-state index contributed by atoms with van der Waals surface area (Å²) in [6.07, 6.45) is 0.599.